The van der Waals surface area contributed by atoms with E-state index in [2.05, 4.69) is 0 Å². The summed E-state index contributed by atoms with van der Waals surface area (Å²) in [4.78, 5) is 24.0. The number of ether oxygens (including phenoxy) is 7. The SMILES string of the molecule is CCOC(OCC)[SiH2]CCCOC(=O)C1OC1C(=O)OCCC[SiH2]C(OCC)OCC. The highest BCUT2D eigenvalue weighted by atomic mass is 28.2. The molecule has 31 heavy (non-hydrogen) atoms. The number of rotatable bonds is 20. The highest BCUT2D eigenvalue weighted by molar-refractivity contribution is 6.36. The molecule has 0 spiro atoms. The van der Waals surface area contributed by atoms with Crippen molar-refractivity contribution in [3.63, 3.8) is 0 Å². The molecule has 0 aromatic heterocycles. The van der Waals surface area contributed by atoms with Gasteiger partial charge in [0.1, 0.15) is 11.8 Å². The van der Waals surface area contributed by atoms with E-state index in [1.54, 1.807) is 0 Å². The Hall–Kier alpha value is -0.826. The summed E-state index contributed by atoms with van der Waals surface area (Å²) in [5.74, 6) is -1.16. The zero-order valence-electron chi connectivity index (χ0n) is 19.5. The lowest BCUT2D eigenvalue weighted by atomic mass is 10.3. The van der Waals surface area contributed by atoms with Crippen molar-refractivity contribution >= 4 is 31.0 Å². The topological polar surface area (TPSA) is 102 Å². The summed E-state index contributed by atoms with van der Waals surface area (Å²) in [6, 6.07) is 1.90. The van der Waals surface area contributed by atoms with Crippen LogP contribution in [0.4, 0.5) is 0 Å². The van der Waals surface area contributed by atoms with Gasteiger partial charge in [-0.05, 0) is 40.5 Å². The minimum absolute atomic E-state index is 0.0801. The second-order valence-corrected chi connectivity index (χ2v) is 10.9. The van der Waals surface area contributed by atoms with E-state index >= 15 is 0 Å². The molecule has 9 nitrogen and oxygen atoms in total. The molecule has 1 saturated heterocycles. The molecule has 2 unspecified atom stereocenters. The maximum absolute atomic E-state index is 12.0. The lowest BCUT2D eigenvalue weighted by Crippen LogP contribution is -2.25. The second-order valence-electron chi connectivity index (χ2n) is 6.98. The van der Waals surface area contributed by atoms with Gasteiger partial charge in [-0.15, -0.1) is 0 Å². The summed E-state index contributed by atoms with van der Waals surface area (Å²) in [5.41, 5.74) is 0. The van der Waals surface area contributed by atoms with Crippen molar-refractivity contribution in [3.8, 4) is 0 Å². The van der Waals surface area contributed by atoms with Gasteiger partial charge in [0.05, 0.1) is 32.3 Å². The first-order chi connectivity index (χ1) is 15.1. The molecular weight excluding hydrogens is 440 g/mol. The maximum Gasteiger partial charge on any atom is 0.338 e. The molecule has 0 N–H and O–H groups in total. The van der Waals surface area contributed by atoms with E-state index in [4.69, 9.17) is 33.2 Å². The van der Waals surface area contributed by atoms with Gasteiger partial charge in [0.15, 0.2) is 12.2 Å². The highest BCUT2D eigenvalue weighted by Gasteiger charge is 2.52. The van der Waals surface area contributed by atoms with Crippen LogP contribution in [0.1, 0.15) is 40.5 Å². The fourth-order valence-corrected chi connectivity index (χ4v) is 6.24. The third-order valence-corrected chi connectivity index (χ3v) is 8.23. The fraction of sp³-hybridized carbons (Fsp3) is 0.900. The summed E-state index contributed by atoms with van der Waals surface area (Å²) in [7, 11) is -1.10. The fourth-order valence-electron chi connectivity index (χ4n) is 2.98. The lowest BCUT2D eigenvalue weighted by molar-refractivity contribution is -0.147. The van der Waals surface area contributed by atoms with E-state index in [9.17, 15) is 9.59 Å². The first kappa shape index (κ1) is 28.2. The molecular formula is C20H40O9Si2. The van der Waals surface area contributed by atoms with Crippen LogP contribution in [0, 0.1) is 0 Å². The molecule has 0 aliphatic carbocycles. The Labute approximate surface area is 190 Å². The van der Waals surface area contributed by atoms with E-state index in [0.29, 0.717) is 39.6 Å². The molecule has 0 amide bonds. The number of carbonyl (C=O) groups excluding carboxylic acids is 2. The molecule has 1 aliphatic heterocycles. The van der Waals surface area contributed by atoms with Gasteiger partial charge in [-0.2, -0.15) is 0 Å². The Kier molecular flexibility index (Phi) is 16.1. The van der Waals surface area contributed by atoms with E-state index in [1.807, 2.05) is 27.7 Å². The average Bonchev–Trinajstić information content (AvgIpc) is 3.54. The van der Waals surface area contributed by atoms with Crippen molar-refractivity contribution in [1.82, 2.24) is 0 Å². The van der Waals surface area contributed by atoms with E-state index in [0.717, 1.165) is 24.9 Å². The van der Waals surface area contributed by atoms with Gasteiger partial charge >= 0.3 is 11.9 Å². The van der Waals surface area contributed by atoms with Gasteiger partial charge in [0.25, 0.3) is 0 Å². The quantitative estimate of drug-likeness (QED) is 0.0810. The van der Waals surface area contributed by atoms with Crippen molar-refractivity contribution < 1.29 is 42.7 Å². The zero-order chi connectivity index (χ0) is 22.9. The second kappa shape index (κ2) is 17.7. The molecule has 11 heteroatoms. The van der Waals surface area contributed by atoms with Gasteiger partial charge in [-0.25, -0.2) is 9.59 Å². The van der Waals surface area contributed by atoms with Gasteiger partial charge < -0.3 is 33.2 Å². The molecule has 182 valence electrons. The Balaban J connectivity index is 2.08. The Bertz CT molecular complexity index is 441. The zero-order valence-corrected chi connectivity index (χ0v) is 22.3. The van der Waals surface area contributed by atoms with Gasteiger partial charge in [0.2, 0.25) is 0 Å². The van der Waals surface area contributed by atoms with Crippen LogP contribution >= 0.6 is 0 Å². The van der Waals surface area contributed by atoms with E-state index in [1.165, 1.54) is 0 Å². The summed E-state index contributed by atoms with van der Waals surface area (Å²) >= 11 is 0. The van der Waals surface area contributed by atoms with Crippen LogP contribution in [0.25, 0.3) is 0 Å². The monoisotopic (exact) mass is 480 g/mol. The number of esters is 2. The average molecular weight is 481 g/mol. The Morgan fingerprint density at radius 2 is 1.06 bits per heavy atom. The van der Waals surface area contributed by atoms with Crippen LogP contribution in [-0.4, -0.2) is 94.7 Å². The van der Waals surface area contributed by atoms with Gasteiger partial charge in [0, 0.05) is 26.4 Å². The van der Waals surface area contributed by atoms with Crippen LogP contribution < -0.4 is 0 Å². The van der Waals surface area contributed by atoms with Gasteiger partial charge in [-0.3, -0.25) is 0 Å². The number of carbonyl (C=O) groups is 2. The summed E-state index contributed by atoms with van der Waals surface area (Å²) < 4.78 is 37.7. The van der Waals surface area contributed by atoms with Crippen molar-refractivity contribution in [3.05, 3.63) is 0 Å². The van der Waals surface area contributed by atoms with E-state index < -0.39 is 43.2 Å². The van der Waals surface area contributed by atoms with Crippen molar-refractivity contribution in [2.75, 3.05) is 39.6 Å². The summed E-state index contributed by atoms with van der Waals surface area (Å²) in [6.45, 7) is 10.9. The molecule has 1 fully saturated rings. The van der Waals surface area contributed by atoms with Gasteiger partial charge in [-0.1, -0.05) is 12.1 Å². The normalized spacial score (nSPS) is 18.6. The molecule has 1 aliphatic rings. The first-order valence-electron chi connectivity index (χ1n) is 11.5. The molecule has 0 bridgehead atoms. The third kappa shape index (κ3) is 12.7. The summed E-state index contributed by atoms with van der Waals surface area (Å²) in [5, 5.41) is 0. The Morgan fingerprint density at radius 3 is 1.39 bits per heavy atom. The van der Waals surface area contributed by atoms with E-state index in [-0.39, 0.29) is 11.8 Å². The first-order valence-corrected chi connectivity index (χ1v) is 15.2. The predicted molar refractivity (Wildman–Crippen MR) is 121 cm³/mol. The smallest absolute Gasteiger partial charge is 0.338 e. The maximum atomic E-state index is 12.0. The van der Waals surface area contributed by atoms with Crippen LogP contribution in [0.2, 0.25) is 12.1 Å². The minimum Gasteiger partial charge on any atom is -0.464 e. The van der Waals surface area contributed by atoms with Crippen molar-refractivity contribution in [1.29, 1.82) is 0 Å². The lowest BCUT2D eigenvalue weighted by Gasteiger charge is -2.16. The van der Waals surface area contributed by atoms with Crippen molar-refractivity contribution in [2.24, 2.45) is 0 Å². The number of epoxide rings is 1. The highest BCUT2D eigenvalue weighted by Crippen LogP contribution is 2.25. The Morgan fingerprint density at radius 1 is 0.710 bits per heavy atom. The molecule has 1 rings (SSSR count). The standard InChI is InChI=1S/C20H40O9Si2/c1-5-23-19(24-6-2)30-13-9-11-27-17(21)15-16(29-15)18(22)28-12-10-14-31-20(25-7-3)26-8-4/h15-16,19-20H,5-14,30-31H2,1-4H3. The number of hydrogen-bond donors (Lipinski definition) is 0. The summed E-state index contributed by atoms with van der Waals surface area (Å²) in [6.07, 6.45) is -0.159. The predicted octanol–water partition coefficient (Wildman–Crippen LogP) is 0.508. The molecule has 0 aromatic carbocycles. The van der Waals surface area contributed by atoms with Crippen LogP contribution in [0.3, 0.4) is 0 Å². The molecule has 2 atom stereocenters. The third-order valence-electron chi connectivity index (χ3n) is 4.52. The van der Waals surface area contributed by atoms with Crippen molar-refractivity contribution in [2.45, 2.75) is 76.7 Å². The minimum atomic E-state index is -0.834. The van der Waals surface area contributed by atoms with Crippen LogP contribution in [0.5, 0.6) is 0 Å². The van der Waals surface area contributed by atoms with Crippen LogP contribution in [0.15, 0.2) is 0 Å². The largest absolute Gasteiger partial charge is 0.464 e. The molecule has 1 heterocycles. The molecule has 0 radical (unpaired) electrons. The molecule has 0 aromatic rings. The van der Waals surface area contributed by atoms with Crippen LogP contribution in [-0.2, 0) is 42.7 Å². The number of hydrogen-bond acceptors (Lipinski definition) is 9. The molecule has 0 saturated carbocycles.